The van der Waals surface area contributed by atoms with Gasteiger partial charge in [-0.1, -0.05) is 72.8 Å². The second-order valence-corrected chi connectivity index (χ2v) is 14.4. The molecule has 264 valence electrons. The van der Waals surface area contributed by atoms with Crippen LogP contribution in [0, 0.1) is 0 Å². The van der Waals surface area contributed by atoms with Crippen LogP contribution in [0.2, 0.25) is 0 Å². The molecule has 0 aliphatic carbocycles. The quantitative estimate of drug-likeness (QED) is 0.0896. The molecule has 0 saturated carbocycles. The number of aryl methyl sites for hydroxylation is 1. The van der Waals surface area contributed by atoms with Gasteiger partial charge < -0.3 is 4.57 Å². The van der Waals surface area contributed by atoms with Crippen molar-refractivity contribution >= 4 is 86.9 Å². The largest absolute Gasteiger partial charge is 0.425 e. The van der Waals surface area contributed by atoms with E-state index in [1.807, 2.05) is 66.3 Å². The van der Waals surface area contributed by atoms with Crippen molar-refractivity contribution in [2.24, 2.45) is 0 Å². The molecule has 0 radical (unpaired) electrons. The molecule has 1 aromatic heterocycles. The van der Waals surface area contributed by atoms with Gasteiger partial charge >= 0.3 is 16.8 Å². The van der Waals surface area contributed by atoms with Crippen molar-refractivity contribution in [1.29, 1.82) is 0 Å². The van der Waals surface area contributed by atoms with Crippen LogP contribution in [0.25, 0.3) is 38.5 Å². The second kappa shape index (κ2) is 16.6. The third-order valence-corrected chi connectivity index (χ3v) is 9.70. The van der Waals surface area contributed by atoms with E-state index in [0.29, 0.717) is 24.8 Å². The minimum absolute atomic E-state index is 0.103. The summed E-state index contributed by atoms with van der Waals surface area (Å²) in [4.78, 5) is 16.1. The summed E-state index contributed by atoms with van der Waals surface area (Å²) in [5.74, 6) is -0.253. The highest BCUT2D eigenvalue weighted by molar-refractivity contribution is 7.86. The standard InChI is InChI=1S/C34H30N2O6S2.CO2.O3S/c1-35-28(25-15-11-16-27-32(44(40,41)42)21-20-30(35)34(25)27)17-5-3-2-4-6-18-29-26-14-9-12-24-13-10-19-31(33(24)26)36(29)22-7-8-23-43(37,38)39;2-1-3;1-4(2)3/h2-6,9-21H,7-8,22-23H2,1H3,(H-,37,38,39,40,41,42);;/p+1. The zero-order valence-electron chi connectivity index (χ0n) is 26.9. The Bertz CT molecular complexity index is 2670. The molecule has 0 saturated heterocycles. The van der Waals surface area contributed by atoms with Gasteiger partial charge in [0.05, 0.1) is 16.7 Å². The van der Waals surface area contributed by atoms with Crippen molar-refractivity contribution in [3.63, 3.8) is 0 Å². The summed E-state index contributed by atoms with van der Waals surface area (Å²) in [5, 5.41) is 5.73. The lowest BCUT2D eigenvalue weighted by Crippen LogP contribution is -2.17. The van der Waals surface area contributed by atoms with Gasteiger partial charge in [0.2, 0.25) is 11.4 Å². The molecule has 51 heavy (non-hydrogen) atoms. The zero-order valence-corrected chi connectivity index (χ0v) is 29.4. The average Bonchev–Trinajstić information content (AvgIpc) is 3.51. The number of hydrogen-bond acceptors (Lipinski definition) is 9. The summed E-state index contributed by atoms with van der Waals surface area (Å²) in [7, 11) is -9.52. The van der Waals surface area contributed by atoms with Crippen molar-refractivity contribution < 1.29 is 52.7 Å². The van der Waals surface area contributed by atoms with Gasteiger partial charge in [0.15, 0.2) is 0 Å². The van der Waals surface area contributed by atoms with Gasteiger partial charge in [-0.25, -0.2) is 0 Å². The fourth-order valence-electron chi connectivity index (χ4n) is 6.09. The molecule has 0 fully saturated rings. The highest BCUT2D eigenvalue weighted by Crippen LogP contribution is 2.38. The van der Waals surface area contributed by atoms with Crippen molar-refractivity contribution in [1.82, 2.24) is 4.57 Å². The van der Waals surface area contributed by atoms with E-state index in [2.05, 4.69) is 34.9 Å². The van der Waals surface area contributed by atoms with Gasteiger partial charge in [0.1, 0.15) is 11.9 Å². The second-order valence-electron chi connectivity index (χ2n) is 11.0. The van der Waals surface area contributed by atoms with Crippen molar-refractivity contribution in [3.8, 4) is 0 Å². The maximum Gasteiger partial charge on any atom is 0.425 e. The molecule has 2 N–H and O–H groups in total. The molecular formula is C35H31N2O11S3+. The summed E-state index contributed by atoms with van der Waals surface area (Å²) < 4.78 is 94.5. The van der Waals surface area contributed by atoms with Crippen molar-refractivity contribution in [2.45, 2.75) is 24.3 Å². The van der Waals surface area contributed by atoms with Gasteiger partial charge in [-0.05, 0) is 42.5 Å². The number of rotatable bonds is 10. The SMILES string of the molecule is C[N+]1=C(/C=C/C=C/C=C/C=c2/c3cccc4cccc(c43)n2CCCCS(=O)(=O)O)c2cccc3c(S(=O)(=O)O)ccc1c23.O=C=O.O=S(=O)=O. The summed E-state index contributed by atoms with van der Waals surface area (Å²) in [6.07, 6.45) is 14.9. The van der Waals surface area contributed by atoms with Crippen LogP contribution in [0.5, 0.6) is 0 Å². The van der Waals surface area contributed by atoms with Crippen LogP contribution in [0.1, 0.15) is 18.4 Å². The van der Waals surface area contributed by atoms with Crippen molar-refractivity contribution in [3.05, 3.63) is 114 Å². The Kier molecular flexibility index (Phi) is 12.5. The van der Waals surface area contributed by atoms with Crippen LogP contribution in [0.15, 0.2) is 108 Å². The minimum Gasteiger partial charge on any atom is -0.340 e. The van der Waals surface area contributed by atoms with Crippen LogP contribution in [-0.4, -0.2) is 72.4 Å². The van der Waals surface area contributed by atoms with E-state index in [4.69, 9.17) is 26.8 Å². The predicted octanol–water partition coefficient (Wildman–Crippen LogP) is 4.22. The van der Waals surface area contributed by atoms with Crippen molar-refractivity contribution in [2.75, 3.05) is 12.8 Å². The first-order valence-electron chi connectivity index (χ1n) is 15.1. The van der Waals surface area contributed by atoms with E-state index >= 15 is 0 Å². The van der Waals surface area contributed by atoms with Crippen LogP contribution in [0.3, 0.4) is 0 Å². The fourth-order valence-corrected chi connectivity index (χ4v) is 7.34. The number of unbranched alkanes of at least 4 members (excludes halogenated alkanes) is 1. The molecule has 0 spiro atoms. The number of aromatic nitrogens is 1. The Morgan fingerprint density at radius 2 is 1.39 bits per heavy atom. The molecule has 16 heteroatoms. The first kappa shape index (κ1) is 38.5. The highest BCUT2D eigenvalue weighted by Gasteiger charge is 2.30. The normalized spacial score (nSPS) is 13.4. The lowest BCUT2D eigenvalue weighted by atomic mass is 10.0. The number of carbonyl (C=O) groups excluding carboxylic acids is 2. The molecule has 6 rings (SSSR count). The molecule has 4 aromatic carbocycles. The van der Waals surface area contributed by atoms with Crippen LogP contribution in [0.4, 0.5) is 5.69 Å². The van der Waals surface area contributed by atoms with E-state index in [9.17, 15) is 21.4 Å². The number of allylic oxidation sites excluding steroid dienone is 6. The van der Waals surface area contributed by atoms with Gasteiger partial charge in [0.25, 0.3) is 20.2 Å². The molecule has 5 aromatic rings. The third kappa shape index (κ3) is 9.26. The summed E-state index contributed by atoms with van der Waals surface area (Å²) >= 11 is 0. The Labute approximate surface area is 294 Å². The average molecular weight is 752 g/mol. The third-order valence-electron chi connectivity index (χ3n) is 7.98. The van der Waals surface area contributed by atoms with E-state index < -0.39 is 30.8 Å². The topological polar surface area (TPSA) is 202 Å². The summed E-state index contributed by atoms with van der Waals surface area (Å²) in [6, 6.07) is 21.0. The van der Waals surface area contributed by atoms with Gasteiger partial charge in [-0.2, -0.15) is 31.0 Å². The molecular weight excluding hydrogens is 721 g/mol. The summed E-state index contributed by atoms with van der Waals surface area (Å²) in [5.41, 5.74) is 3.76. The molecule has 0 atom stereocenters. The van der Waals surface area contributed by atoms with Gasteiger partial charge in [-0.3, -0.25) is 9.11 Å². The number of hydrogen-bond donors (Lipinski definition) is 2. The maximum absolute atomic E-state index is 11.9. The number of benzene rings is 4. The first-order valence-corrected chi connectivity index (χ1v) is 19.1. The van der Waals surface area contributed by atoms with E-state index in [1.165, 1.54) is 11.5 Å². The van der Waals surface area contributed by atoms with E-state index in [1.54, 1.807) is 18.2 Å². The zero-order chi connectivity index (χ0) is 37.3. The monoisotopic (exact) mass is 751 g/mol. The number of nitrogens with zero attached hydrogens (tertiary/aromatic N) is 2. The van der Waals surface area contributed by atoms with Crippen LogP contribution >= 0.6 is 0 Å². The van der Waals surface area contributed by atoms with E-state index in [-0.39, 0.29) is 16.8 Å². The predicted molar refractivity (Wildman–Crippen MR) is 191 cm³/mol. The Balaban J connectivity index is 0.000000767. The molecule has 2 heterocycles. The van der Waals surface area contributed by atoms with Gasteiger partial charge in [-0.15, -0.1) is 12.6 Å². The maximum atomic E-state index is 11.9. The lowest BCUT2D eigenvalue weighted by molar-refractivity contribution is -0.399. The van der Waals surface area contributed by atoms with E-state index in [0.717, 1.165) is 44.0 Å². The fraction of sp³-hybridized carbons (Fsp3) is 0.143. The Morgan fingerprint density at radius 3 is 2.06 bits per heavy atom. The molecule has 0 unspecified atom stereocenters. The van der Waals surface area contributed by atoms with Crippen LogP contribution in [-0.2, 0) is 47.0 Å². The summed E-state index contributed by atoms with van der Waals surface area (Å²) in [6.45, 7) is 0.620. The molecule has 13 nitrogen and oxygen atoms in total. The van der Waals surface area contributed by atoms with Crippen LogP contribution < -0.4 is 5.35 Å². The molecule has 0 bridgehead atoms. The molecule has 0 amide bonds. The lowest BCUT2D eigenvalue weighted by Gasteiger charge is -2.06. The molecule has 1 aliphatic rings. The van der Waals surface area contributed by atoms with Gasteiger partial charge in [0, 0.05) is 45.7 Å². The smallest absolute Gasteiger partial charge is 0.340 e. The first-order chi connectivity index (χ1) is 24.2. The molecule has 1 aliphatic heterocycles. The minimum atomic E-state index is -4.35. The highest BCUT2D eigenvalue weighted by atomic mass is 32.2. The Hall–Kier alpha value is -5.35. The Morgan fingerprint density at radius 1 is 0.784 bits per heavy atom.